The molecule has 1 aliphatic rings. The largest absolute Gasteiger partial charge is 0.453 e. The van der Waals surface area contributed by atoms with Crippen molar-refractivity contribution in [3.8, 4) is 0 Å². The number of alkyl carbamates (subject to hydrolysis) is 1. The van der Waals surface area contributed by atoms with Crippen molar-refractivity contribution in [2.75, 3.05) is 45.6 Å². The third kappa shape index (κ3) is 9.06. The molecule has 248 valence electrons. The molecule has 1 heterocycles. The Morgan fingerprint density at radius 1 is 0.935 bits per heavy atom. The molecule has 0 unspecified atom stereocenters. The first-order valence-electron chi connectivity index (χ1n) is 15.7. The van der Waals surface area contributed by atoms with Crippen LogP contribution in [0, 0.1) is 5.92 Å². The molecule has 0 spiro atoms. The summed E-state index contributed by atoms with van der Waals surface area (Å²) in [6.45, 7) is 6.24. The first-order valence-corrected chi connectivity index (χ1v) is 17.1. The van der Waals surface area contributed by atoms with Crippen LogP contribution in [0.3, 0.4) is 0 Å². The number of hydrogen-bond acceptors (Lipinski definition) is 8. The van der Waals surface area contributed by atoms with Crippen molar-refractivity contribution in [3.63, 3.8) is 0 Å². The van der Waals surface area contributed by atoms with Gasteiger partial charge in [-0.1, -0.05) is 74.5 Å². The first kappa shape index (κ1) is 34.9. The van der Waals surface area contributed by atoms with Gasteiger partial charge in [-0.05, 0) is 47.7 Å². The third-order valence-corrected chi connectivity index (χ3v) is 10.1. The van der Waals surface area contributed by atoms with Gasteiger partial charge in [0.15, 0.2) is 0 Å². The van der Waals surface area contributed by atoms with Crippen LogP contribution in [0.5, 0.6) is 0 Å². The second-order valence-electron chi connectivity index (χ2n) is 11.9. The number of methoxy groups -OCH3 is 1. The minimum atomic E-state index is -3.79. The number of benzene rings is 3. The summed E-state index contributed by atoms with van der Waals surface area (Å²) < 4.78 is 34.1. The van der Waals surface area contributed by atoms with Crippen LogP contribution in [0.4, 0.5) is 10.5 Å². The lowest BCUT2D eigenvalue weighted by Gasteiger charge is -2.32. The average Bonchev–Trinajstić information content (AvgIpc) is 3.51. The summed E-state index contributed by atoms with van der Waals surface area (Å²) in [5.41, 5.74) is 8.05. The molecule has 3 aromatic rings. The van der Waals surface area contributed by atoms with E-state index in [1.165, 1.54) is 7.11 Å². The normalized spacial score (nSPS) is 17.3. The number of sulfonamides is 1. The Labute approximate surface area is 272 Å². The molecule has 1 fully saturated rings. The van der Waals surface area contributed by atoms with Gasteiger partial charge in [0, 0.05) is 50.4 Å². The molecule has 11 nitrogen and oxygen atoms in total. The molecule has 2 amide bonds. The van der Waals surface area contributed by atoms with Crippen LogP contribution in [0.1, 0.15) is 37.3 Å². The van der Waals surface area contributed by atoms with Crippen molar-refractivity contribution >= 4 is 27.7 Å². The predicted molar refractivity (Wildman–Crippen MR) is 180 cm³/mol. The Hall–Kier alpha value is -3.97. The van der Waals surface area contributed by atoms with Crippen LogP contribution in [-0.2, 0) is 19.6 Å². The summed E-state index contributed by atoms with van der Waals surface area (Å²) in [7, 11) is -2.52. The second kappa shape index (κ2) is 16.5. The molecule has 3 aromatic carbocycles. The first-order chi connectivity index (χ1) is 22.1. The van der Waals surface area contributed by atoms with E-state index < -0.39 is 28.1 Å². The maximum absolute atomic E-state index is 13.8. The third-order valence-electron chi connectivity index (χ3n) is 8.19. The number of ether oxygens (including phenoxy) is 1. The molecule has 4 rings (SSSR count). The maximum atomic E-state index is 13.8. The smallest absolute Gasteiger partial charge is 0.407 e. The second-order valence-corrected chi connectivity index (χ2v) is 13.7. The van der Waals surface area contributed by atoms with E-state index in [0.29, 0.717) is 44.2 Å². The molecule has 6 N–H and O–H groups in total. The van der Waals surface area contributed by atoms with Crippen molar-refractivity contribution in [3.05, 3.63) is 96.1 Å². The summed E-state index contributed by atoms with van der Waals surface area (Å²) in [4.78, 5) is 26.3. The van der Waals surface area contributed by atoms with Gasteiger partial charge in [-0.15, -0.1) is 0 Å². The van der Waals surface area contributed by atoms with E-state index in [4.69, 9.17) is 10.5 Å². The fraction of sp³-hybridized carbons (Fsp3) is 0.412. The molecule has 3 atom stereocenters. The number of anilines is 1. The van der Waals surface area contributed by atoms with E-state index in [2.05, 4.69) is 35.1 Å². The number of nitrogens with two attached hydrogens (primary N) is 1. The van der Waals surface area contributed by atoms with E-state index in [0.717, 1.165) is 11.1 Å². The number of carbonyl (C=O) groups is 2. The molecular weight excluding hydrogens is 604 g/mol. The van der Waals surface area contributed by atoms with Gasteiger partial charge in [0.1, 0.15) is 6.04 Å². The number of carbonyl (C=O) groups excluding carboxylic acids is 2. The van der Waals surface area contributed by atoms with Crippen molar-refractivity contribution in [2.24, 2.45) is 5.92 Å². The Bertz CT molecular complexity index is 1470. The van der Waals surface area contributed by atoms with E-state index >= 15 is 0 Å². The molecule has 0 radical (unpaired) electrons. The number of nitrogens with one attached hydrogen (secondary N) is 4. The van der Waals surface area contributed by atoms with Gasteiger partial charge in [0.25, 0.3) is 0 Å². The van der Waals surface area contributed by atoms with Gasteiger partial charge in [-0.2, -0.15) is 4.31 Å². The predicted octanol–water partition coefficient (Wildman–Crippen LogP) is 2.91. The van der Waals surface area contributed by atoms with Crippen LogP contribution in [0.25, 0.3) is 0 Å². The van der Waals surface area contributed by atoms with Gasteiger partial charge < -0.3 is 31.7 Å². The lowest BCUT2D eigenvalue weighted by molar-refractivity contribution is -0.123. The quantitative estimate of drug-likeness (QED) is 0.124. The Morgan fingerprint density at radius 3 is 2.11 bits per heavy atom. The molecule has 0 aliphatic carbocycles. The van der Waals surface area contributed by atoms with Crippen LogP contribution >= 0.6 is 0 Å². The highest BCUT2D eigenvalue weighted by Crippen LogP contribution is 2.29. The SMILES string of the molecule is COC(=O)N[C@H](C(=O)NCCN[C@@H]1CNC[C@H]1N(CCC(C)C)S(=O)(=O)c1ccc(N)cc1)C(c1ccccc1)c1ccccc1. The van der Waals surface area contributed by atoms with Crippen molar-refractivity contribution in [2.45, 2.75) is 49.2 Å². The van der Waals surface area contributed by atoms with Gasteiger partial charge in [-0.25, -0.2) is 13.2 Å². The monoisotopic (exact) mass is 650 g/mol. The molecule has 0 saturated carbocycles. The summed E-state index contributed by atoms with van der Waals surface area (Å²) in [5.74, 6) is -0.510. The van der Waals surface area contributed by atoms with Crippen molar-refractivity contribution in [1.29, 1.82) is 0 Å². The zero-order chi connectivity index (χ0) is 33.1. The van der Waals surface area contributed by atoms with E-state index in [1.807, 2.05) is 60.7 Å². The molecule has 0 bridgehead atoms. The Morgan fingerprint density at radius 2 is 1.54 bits per heavy atom. The van der Waals surface area contributed by atoms with Crippen LogP contribution < -0.4 is 27.0 Å². The molecule has 0 aromatic heterocycles. The summed E-state index contributed by atoms with van der Waals surface area (Å²) >= 11 is 0. The minimum absolute atomic E-state index is 0.182. The molecule has 46 heavy (non-hydrogen) atoms. The maximum Gasteiger partial charge on any atom is 0.407 e. The average molecular weight is 651 g/mol. The van der Waals surface area contributed by atoms with Gasteiger partial charge in [0.05, 0.1) is 18.0 Å². The summed E-state index contributed by atoms with van der Waals surface area (Å²) in [6, 6.07) is 23.9. The van der Waals surface area contributed by atoms with Crippen molar-refractivity contribution < 1.29 is 22.7 Å². The highest BCUT2D eigenvalue weighted by atomic mass is 32.2. The number of rotatable bonds is 15. The molecule has 1 aliphatic heterocycles. The van der Waals surface area contributed by atoms with E-state index in [9.17, 15) is 18.0 Å². The molecular formula is C34H46N6O5S. The zero-order valence-electron chi connectivity index (χ0n) is 26.7. The zero-order valence-corrected chi connectivity index (χ0v) is 27.5. The van der Waals surface area contributed by atoms with Gasteiger partial charge in [-0.3, -0.25) is 4.79 Å². The number of hydrogen-bond donors (Lipinski definition) is 5. The summed E-state index contributed by atoms with van der Waals surface area (Å²) in [6.07, 6.45) is 0.00491. The Balaban J connectivity index is 1.46. The highest BCUT2D eigenvalue weighted by Gasteiger charge is 2.39. The minimum Gasteiger partial charge on any atom is -0.453 e. The van der Waals surface area contributed by atoms with Gasteiger partial charge in [0.2, 0.25) is 15.9 Å². The standard InChI is InChI=1S/C34H46N6O5S/c1-24(2)18-21-40(46(43,44)28-16-14-27(35)15-17-28)30-23-36-22-29(30)37-19-20-38-33(41)32(39-34(42)45-3)31(25-10-6-4-7-11-25)26-12-8-5-9-13-26/h4-17,24,29-32,36-37H,18-23,35H2,1-3H3,(H,38,41)(H,39,42)/t29-,30-,32+/m1/s1. The number of amides is 2. The number of nitrogens with zero attached hydrogens (tertiary/aromatic N) is 1. The lowest BCUT2D eigenvalue weighted by atomic mass is 9.84. The van der Waals surface area contributed by atoms with Crippen LogP contribution in [0.15, 0.2) is 89.8 Å². The highest BCUT2D eigenvalue weighted by molar-refractivity contribution is 7.89. The fourth-order valence-electron chi connectivity index (χ4n) is 5.74. The number of nitrogen functional groups attached to an aromatic ring is 1. The van der Waals surface area contributed by atoms with Crippen LogP contribution in [-0.4, -0.2) is 82.7 Å². The molecule has 1 saturated heterocycles. The fourth-order valence-corrected chi connectivity index (χ4v) is 7.41. The van der Waals surface area contributed by atoms with Gasteiger partial charge >= 0.3 is 6.09 Å². The lowest BCUT2D eigenvalue weighted by Crippen LogP contribution is -2.54. The van der Waals surface area contributed by atoms with Crippen LogP contribution in [0.2, 0.25) is 0 Å². The Kier molecular flexibility index (Phi) is 12.6. The van der Waals surface area contributed by atoms with E-state index in [1.54, 1.807) is 28.6 Å². The van der Waals surface area contributed by atoms with Crippen molar-refractivity contribution in [1.82, 2.24) is 25.6 Å². The molecule has 12 heteroatoms. The van der Waals surface area contributed by atoms with E-state index in [-0.39, 0.29) is 29.4 Å². The topological polar surface area (TPSA) is 155 Å². The summed E-state index contributed by atoms with van der Waals surface area (Å²) in [5, 5.41) is 12.5.